The summed E-state index contributed by atoms with van der Waals surface area (Å²) in [7, 11) is 0. The molecule has 2 N–H and O–H groups in total. The number of nitrogens with zero attached hydrogens (tertiary/aromatic N) is 4. The molecule has 4 rings (SSSR count). The summed E-state index contributed by atoms with van der Waals surface area (Å²) in [5.74, 6) is 0.250. The number of H-pyrrole nitrogens is 1. The van der Waals surface area contributed by atoms with Gasteiger partial charge in [0.05, 0.1) is 6.54 Å². The van der Waals surface area contributed by atoms with Gasteiger partial charge in [-0.25, -0.2) is 0 Å². The molecule has 1 aliphatic rings. The number of aromatic nitrogens is 3. The van der Waals surface area contributed by atoms with Crippen molar-refractivity contribution in [2.75, 3.05) is 37.6 Å². The Labute approximate surface area is 206 Å². The maximum atomic E-state index is 13.0. The summed E-state index contributed by atoms with van der Waals surface area (Å²) in [6.45, 7) is 4.85. The van der Waals surface area contributed by atoms with Gasteiger partial charge in [0.15, 0.2) is 0 Å². The molecule has 0 radical (unpaired) electrons. The first kappa shape index (κ1) is 25.4. The monoisotopic (exact) mass is 508 g/mol. The molecule has 0 aliphatic carbocycles. The van der Waals surface area contributed by atoms with E-state index in [9.17, 15) is 18.0 Å². The summed E-state index contributed by atoms with van der Waals surface area (Å²) in [6.07, 6.45) is 0.331. The number of halogens is 3. The second-order valence-electron chi connectivity index (χ2n) is 9.47. The van der Waals surface area contributed by atoms with Gasteiger partial charge in [-0.3, -0.25) is 9.69 Å². The Morgan fingerprint density at radius 1 is 1.14 bits per heavy atom. The lowest BCUT2D eigenvalue weighted by molar-refractivity contribution is -0.146. The molecule has 7 nitrogen and oxygen atoms in total. The molecule has 190 valence electrons. The van der Waals surface area contributed by atoms with Gasteiger partial charge in [-0.1, -0.05) is 43.4 Å². The molecule has 3 aromatic rings. The smallest absolute Gasteiger partial charge is 0.361 e. The van der Waals surface area contributed by atoms with Crippen molar-refractivity contribution in [2.45, 2.75) is 45.3 Å². The average Bonchev–Trinajstić information content (AvgIpc) is 3.45. The zero-order valence-corrected chi connectivity index (χ0v) is 20.8. The van der Waals surface area contributed by atoms with Crippen LogP contribution in [0, 0.1) is 5.92 Å². The van der Waals surface area contributed by atoms with E-state index in [4.69, 9.17) is 0 Å². The molecule has 1 aliphatic heterocycles. The molecule has 0 spiro atoms. The minimum absolute atomic E-state index is 0.0534. The van der Waals surface area contributed by atoms with Crippen molar-refractivity contribution in [1.82, 2.24) is 25.4 Å². The van der Waals surface area contributed by atoms with Gasteiger partial charge in [0.25, 0.3) is 5.91 Å². The largest absolute Gasteiger partial charge is 0.401 e. The minimum Gasteiger partial charge on any atom is -0.361 e. The number of rotatable bonds is 9. The van der Waals surface area contributed by atoms with E-state index in [0.29, 0.717) is 43.6 Å². The molecular formula is C24H31F3N6OS. The van der Waals surface area contributed by atoms with Crippen LogP contribution in [-0.4, -0.2) is 70.9 Å². The molecule has 3 heterocycles. The number of anilines is 1. The van der Waals surface area contributed by atoms with Gasteiger partial charge in [-0.05, 0) is 36.8 Å². The number of carbonyl (C=O) groups is 1. The standard InChI is InChI=1S/C24H31F3N6OS/c1-16(2)7-8-18(13-17-14-28-20-6-4-3-5-19(17)20)29-21(34)22-30-31-23(35-22)33-11-9-32(10-12-33)15-24(25,26)27/h3-6,14,16,18,28H,7-13,15H2,1-2H3,(H,29,34). The van der Waals surface area contributed by atoms with E-state index in [-0.39, 0.29) is 17.0 Å². The highest BCUT2D eigenvalue weighted by Gasteiger charge is 2.32. The van der Waals surface area contributed by atoms with Gasteiger partial charge >= 0.3 is 6.18 Å². The number of carbonyl (C=O) groups excluding carboxylic acids is 1. The van der Waals surface area contributed by atoms with E-state index in [1.807, 2.05) is 29.3 Å². The Kier molecular flexibility index (Phi) is 7.95. The van der Waals surface area contributed by atoms with Gasteiger partial charge in [-0.15, -0.1) is 10.2 Å². The van der Waals surface area contributed by atoms with Crippen LogP contribution in [-0.2, 0) is 6.42 Å². The molecule has 0 bridgehead atoms. The summed E-state index contributed by atoms with van der Waals surface area (Å²) in [5, 5.41) is 13.4. The molecule has 11 heteroatoms. The molecule has 1 fully saturated rings. The molecule has 1 saturated heterocycles. The predicted molar refractivity (Wildman–Crippen MR) is 132 cm³/mol. The highest BCUT2D eigenvalue weighted by Crippen LogP contribution is 2.25. The number of aromatic amines is 1. The fraction of sp³-hybridized carbons (Fsp3) is 0.542. The Morgan fingerprint density at radius 3 is 2.60 bits per heavy atom. The Hall–Kier alpha value is -2.66. The number of nitrogens with one attached hydrogen (secondary N) is 2. The number of piperazine rings is 1. The maximum Gasteiger partial charge on any atom is 0.401 e. The Morgan fingerprint density at radius 2 is 1.89 bits per heavy atom. The third kappa shape index (κ3) is 6.94. The van der Waals surface area contributed by atoms with Crippen LogP contribution in [0.15, 0.2) is 30.5 Å². The van der Waals surface area contributed by atoms with E-state index in [2.05, 4.69) is 40.4 Å². The van der Waals surface area contributed by atoms with Crippen molar-refractivity contribution in [3.8, 4) is 0 Å². The first-order chi connectivity index (χ1) is 16.7. The van der Waals surface area contributed by atoms with Crippen molar-refractivity contribution in [2.24, 2.45) is 5.92 Å². The van der Waals surface area contributed by atoms with Crippen molar-refractivity contribution in [3.05, 3.63) is 41.0 Å². The lowest BCUT2D eigenvalue weighted by atomic mass is 9.97. The van der Waals surface area contributed by atoms with Crippen molar-refractivity contribution < 1.29 is 18.0 Å². The minimum atomic E-state index is -4.20. The number of hydrogen-bond donors (Lipinski definition) is 2. The highest BCUT2D eigenvalue weighted by atomic mass is 32.1. The van der Waals surface area contributed by atoms with Crippen LogP contribution in [0.2, 0.25) is 0 Å². The molecule has 1 atom stereocenters. The topological polar surface area (TPSA) is 77.1 Å². The SMILES string of the molecule is CC(C)CCC(Cc1c[nH]c2ccccc12)NC(=O)c1nnc(N2CCN(CC(F)(F)F)CC2)s1. The average molecular weight is 509 g/mol. The number of fused-ring (bicyclic) bond motifs is 1. The summed E-state index contributed by atoms with van der Waals surface area (Å²) < 4.78 is 37.9. The normalized spacial score (nSPS) is 16.2. The van der Waals surface area contributed by atoms with Gasteiger partial charge in [0, 0.05) is 49.3 Å². The van der Waals surface area contributed by atoms with Crippen LogP contribution in [0.4, 0.5) is 18.3 Å². The van der Waals surface area contributed by atoms with Crippen LogP contribution in [0.5, 0.6) is 0 Å². The number of benzene rings is 1. The lowest BCUT2D eigenvalue weighted by Crippen LogP contribution is -2.49. The van der Waals surface area contributed by atoms with Crippen LogP contribution in [0.25, 0.3) is 10.9 Å². The van der Waals surface area contributed by atoms with E-state index < -0.39 is 12.7 Å². The Balaban J connectivity index is 1.38. The number of hydrogen-bond acceptors (Lipinski definition) is 6. The zero-order valence-electron chi connectivity index (χ0n) is 19.9. The summed E-state index contributed by atoms with van der Waals surface area (Å²) in [5.41, 5.74) is 2.23. The molecule has 0 saturated carbocycles. The number of alkyl halides is 3. The maximum absolute atomic E-state index is 13.0. The van der Waals surface area contributed by atoms with Crippen LogP contribution >= 0.6 is 11.3 Å². The highest BCUT2D eigenvalue weighted by molar-refractivity contribution is 7.17. The van der Waals surface area contributed by atoms with Crippen LogP contribution in [0.1, 0.15) is 42.1 Å². The Bertz CT molecular complexity index is 1120. The van der Waals surface area contributed by atoms with E-state index in [1.165, 1.54) is 16.2 Å². The van der Waals surface area contributed by atoms with Crippen molar-refractivity contribution >= 4 is 33.3 Å². The second kappa shape index (κ2) is 10.9. The van der Waals surface area contributed by atoms with Crippen LogP contribution in [0.3, 0.4) is 0 Å². The summed E-state index contributed by atoms with van der Waals surface area (Å²) >= 11 is 1.18. The second-order valence-corrected chi connectivity index (χ2v) is 10.4. The fourth-order valence-electron chi connectivity index (χ4n) is 4.36. The third-order valence-electron chi connectivity index (χ3n) is 6.22. The molecule has 1 amide bonds. The van der Waals surface area contributed by atoms with E-state index >= 15 is 0 Å². The molecule has 1 aromatic carbocycles. The molecule has 35 heavy (non-hydrogen) atoms. The van der Waals surface area contributed by atoms with E-state index in [0.717, 1.165) is 29.3 Å². The lowest BCUT2D eigenvalue weighted by Gasteiger charge is -2.34. The van der Waals surface area contributed by atoms with E-state index in [1.54, 1.807) is 0 Å². The van der Waals surface area contributed by atoms with Gasteiger partial charge in [-0.2, -0.15) is 13.2 Å². The summed E-state index contributed by atoms with van der Waals surface area (Å²) in [6, 6.07) is 8.05. The first-order valence-electron chi connectivity index (χ1n) is 11.9. The zero-order chi connectivity index (χ0) is 25.0. The van der Waals surface area contributed by atoms with Crippen molar-refractivity contribution in [3.63, 3.8) is 0 Å². The fourth-order valence-corrected chi connectivity index (χ4v) is 5.16. The molecule has 1 unspecified atom stereocenters. The quantitative estimate of drug-likeness (QED) is 0.446. The number of amides is 1. The van der Waals surface area contributed by atoms with Crippen LogP contribution < -0.4 is 10.2 Å². The van der Waals surface area contributed by atoms with Crippen molar-refractivity contribution in [1.29, 1.82) is 0 Å². The molecular weight excluding hydrogens is 477 g/mol. The first-order valence-corrected chi connectivity index (χ1v) is 12.7. The third-order valence-corrected chi connectivity index (χ3v) is 7.21. The van der Waals surface area contributed by atoms with Gasteiger partial charge < -0.3 is 15.2 Å². The summed E-state index contributed by atoms with van der Waals surface area (Å²) in [4.78, 5) is 19.6. The van der Waals surface area contributed by atoms with Gasteiger partial charge in [0.1, 0.15) is 0 Å². The predicted octanol–water partition coefficient (Wildman–Crippen LogP) is 4.48. The number of para-hydroxylation sites is 1. The molecule has 2 aromatic heterocycles. The van der Waals surface area contributed by atoms with Gasteiger partial charge in [0.2, 0.25) is 10.1 Å².